The minimum atomic E-state index is -0.495. The zero-order valence-electron chi connectivity index (χ0n) is 3.12. The Balaban J connectivity index is 2.85. The lowest BCUT2D eigenvalue weighted by Gasteiger charge is -1.70. The van der Waals surface area contributed by atoms with Gasteiger partial charge in [-0.2, -0.15) is 0 Å². The predicted octanol–water partition coefficient (Wildman–Crippen LogP) is 0.206. The second-order valence-electron chi connectivity index (χ2n) is 0.777. The van der Waals surface area contributed by atoms with Crippen LogP contribution in [0.2, 0.25) is 0 Å². The average molecular weight is 72.1 g/mol. The summed E-state index contributed by atoms with van der Waals surface area (Å²) in [5.74, 6) is -0.495. The summed E-state index contributed by atoms with van der Waals surface area (Å²) in [5, 5.41) is 0. The number of hydrogen-bond acceptors (Lipinski definition) is 1. The molecule has 0 atom stereocenters. The number of carbonyl (C=O) groups is 1. The zero-order valence-corrected chi connectivity index (χ0v) is 3.12. The lowest BCUT2D eigenvalue weighted by Crippen LogP contribution is -1.90. The molecule has 0 aliphatic rings. The Hall–Kier alpha value is -0.530. The highest BCUT2D eigenvalue weighted by atomic mass is 16.1. The van der Waals surface area contributed by atoms with Gasteiger partial charge in [-0.15, -0.1) is 0 Å². The molecule has 0 spiro atoms. The number of amides is 1. The largest absolute Gasteiger partial charge is 0.273 e. The second-order valence-corrected chi connectivity index (χ2v) is 0.777. The van der Waals surface area contributed by atoms with Gasteiger partial charge in [0.05, 0.1) is 0 Å². The van der Waals surface area contributed by atoms with Gasteiger partial charge in [0.2, 0.25) is 5.91 Å². The average Bonchev–Trinajstić information content (AvgIpc) is 1.38. The van der Waals surface area contributed by atoms with Crippen LogP contribution < -0.4 is 5.73 Å². The van der Waals surface area contributed by atoms with Crippen molar-refractivity contribution in [2.24, 2.45) is 0 Å². The number of nitrogens with one attached hydrogen (secondary N) is 1. The van der Waals surface area contributed by atoms with Gasteiger partial charge < -0.3 is 0 Å². The van der Waals surface area contributed by atoms with Crippen molar-refractivity contribution in [3.63, 3.8) is 0 Å². The van der Waals surface area contributed by atoms with Crippen LogP contribution in [0.3, 0.4) is 0 Å². The molecular weight excluding hydrogens is 66.0 g/mol. The van der Waals surface area contributed by atoms with Crippen molar-refractivity contribution in [1.29, 1.82) is 0 Å². The van der Waals surface area contributed by atoms with Crippen molar-refractivity contribution in [2.75, 3.05) is 0 Å². The summed E-state index contributed by atoms with van der Waals surface area (Å²) in [6.45, 7) is 1.66. The molecule has 2 nitrogen and oxygen atoms in total. The number of hydrogen-bond donors (Lipinski definition) is 0. The predicted molar refractivity (Wildman–Crippen MR) is 18.4 cm³/mol. The monoisotopic (exact) mass is 72.0 g/mol. The smallest absolute Gasteiger partial charge is 0.238 e. The maximum Gasteiger partial charge on any atom is 0.238 e. The van der Waals surface area contributed by atoms with Gasteiger partial charge in [-0.3, -0.25) is 10.5 Å². The Morgan fingerprint density at radius 3 is 2.20 bits per heavy atom. The van der Waals surface area contributed by atoms with Crippen LogP contribution in [-0.2, 0) is 4.79 Å². The zero-order chi connectivity index (χ0) is 4.28. The highest BCUT2D eigenvalue weighted by Gasteiger charge is 1.79. The molecule has 0 aliphatic carbocycles. The third kappa shape index (κ3) is 3.47. The van der Waals surface area contributed by atoms with Crippen LogP contribution in [0.1, 0.15) is 13.3 Å². The van der Waals surface area contributed by atoms with Crippen molar-refractivity contribution in [3.05, 3.63) is 0 Å². The van der Waals surface area contributed by atoms with E-state index in [4.69, 9.17) is 5.73 Å². The summed E-state index contributed by atoms with van der Waals surface area (Å²) in [6.07, 6.45) is 0.333. The fraction of sp³-hybridized carbons (Fsp3) is 0.667. The number of carbonyl (C=O) groups excluding carboxylic acids is 1. The SMILES string of the molecule is CCC([NH])=O. The summed E-state index contributed by atoms with van der Waals surface area (Å²) in [5.41, 5.74) is 6.19. The molecule has 0 aromatic rings. The maximum atomic E-state index is 9.48. The van der Waals surface area contributed by atoms with Gasteiger partial charge in [-0.05, 0) is 0 Å². The molecule has 0 saturated heterocycles. The fourth-order valence-corrected chi connectivity index (χ4v) is 0. The normalized spacial score (nSPS) is 7.40. The van der Waals surface area contributed by atoms with E-state index >= 15 is 0 Å². The third-order valence-electron chi connectivity index (χ3n) is 0.321. The molecule has 1 N–H and O–H groups in total. The van der Waals surface area contributed by atoms with E-state index in [1.165, 1.54) is 0 Å². The van der Waals surface area contributed by atoms with E-state index in [0.29, 0.717) is 6.42 Å². The third-order valence-corrected chi connectivity index (χ3v) is 0.321. The minimum absolute atomic E-state index is 0.333. The Morgan fingerprint density at radius 1 is 2.00 bits per heavy atom. The van der Waals surface area contributed by atoms with Gasteiger partial charge in [0.15, 0.2) is 0 Å². The summed E-state index contributed by atoms with van der Waals surface area (Å²) in [6, 6.07) is 0. The molecule has 2 heteroatoms. The van der Waals surface area contributed by atoms with Crippen molar-refractivity contribution >= 4 is 5.91 Å². The highest BCUT2D eigenvalue weighted by molar-refractivity contribution is 5.72. The topological polar surface area (TPSA) is 40.9 Å². The quantitative estimate of drug-likeness (QED) is 0.436. The van der Waals surface area contributed by atoms with E-state index in [9.17, 15) is 4.79 Å². The summed E-state index contributed by atoms with van der Waals surface area (Å²) in [4.78, 5) is 9.48. The molecule has 0 saturated carbocycles. The Morgan fingerprint density at radius 2 is 2.20 bits per heavy atom. The molecule has 0 bridgehead atoms. The van der Waals surface area contributed by atoms with Crippen molar-refractivity contribution in [1.82, 2.24) is 5.73 Å². The molecule has 0 unspecified atom stereocenters. The molecule has 5 heavy (non-hydrogen) atoms. The van der Waals surface area contributed by atoms with Crippen molar-refractivity contribution < 1.29 is 4.79 Å². The number of rotatable bonds is 1. The lowest BCUT2D eigenvalue weighted by molar-refractivity contribution is -0.118. The van der Waals surface area contributed by atoms with Gasteiger partial charge in [0, 0.05) is 6.42 Å². The summed E-state index contributed by atoms with van der Waals surface area (Å²) in [7, 11) is 0. The van der Waals surface area contributed by atoms with Crippen LogP contribution in [-0.4, -0.2) is 5.91 Å². The molecule has 0 aromatic heterocycles. The minimum Gasteiger partial charge on any atom is -0.273 e. The van der Waals surface area contributed by atoms with E-state index < -0.39 is 5.91 Å². The molecular formula is C3H6NO. The molecule has 29 valence electrons. The van der Waals surface area contributed by atoms with Gasteiger partial charge in [0.25, 0.3) is 0 Å². The van der Waals surface area contributed by atoms with E-state index in [2.05, 4.69) is 0 Å². The Kier molecular flexibility index (Phi) is 1.57. The molecule has 0 fully saturated rings. The molecule has 0 heterocycles. The Labute approximate surface area is 31.0 Å². The standard InChI is InChI=1S/C3H6NO/c1-2-3(4)5/h4H,2H2,1H3. The van der Waals surface area contributed by atoms with Crippen molar-refractivity contribution in [2.45, 2.75) is 13.3 Å². The Bertz CT molecular complexity index is 42.2. The van der Waals surface area contributed by atoms with Crippen LogP contribution >= 0.6 is 0 Å². The van der Waals surface area contributed by atoms with Crippen LogP contribution in [0.4, 0.5) is 0 Å². The summed E-state index contributed by atoms with van der Waals surface area (Å²) < 4.78 is 0. The van der Waals surface area contributed by atoms with Crippen LogP contribution in [0.15, 0.2) is 0 Å². The van der Waals surface area contributed by atoms with Crippen LogP contribution in [0.5, 0.6) is 0 Å². The second kappa shape index (κ2) is 1.76. The molecule has 1 amide bonds. The summed E-state index contributed by atoms with van der Waals surface area (Å²) >= 11 is 0. The molecule has 1 radical (unpaired) electrons. The first-order chi connectivity index (χ1) is 2.27. The highest BCUT2D eigenvalue weighted by Crippen LogP contribution is 1.65. The lowest BCUT2D eigenvalue weighted by atomic mass is 10.5. The van der Waals surface area contributed by atoms with Gasteiger partial charge in [0.1, 0.15) is 0 Å². The van der Waals surface area contributed by atoms with Crippen LogP contribution in [0.25, 0.3) is 0 Å². The fourth-order valence-electron chi connectivity index (χ4n) is 0. The van der Waals surface area contributed by atoms with Gasteiger partial charge in [-0.25, -0.2) is 0 Å². The first-order valence-electron chi connectivity index (χ1n) is 1.51. The van der Waals surface area contributed by atoms with Gasteiger partial charge in [-0.1, -0.05) is 6.92 Å². The maximum absolute atomic E-state index is 9.48. The first kappa shape index (κ1) is 4.47. The molecule has 0 rings (SSSR count). The van der Waals surface area contributed by atoms with Gasteiger partial charge >= 0.3 is 0 Å². The van der Waals surface area contributed by atoms with Crippen LogP contribution in [0, 0.1) is 0 Å². The molecule has 0 aliphatic heterocycles. The van der Waals surface area contributed by atoms with E-state index in [1.54, 1.807) is 6.92 Å². The first-order valence-corrected chi connectivity index (χ1v) is 1.51. The van der Waals surface area contributed by atoms with E-state index in [0.717, 1.165) is 0 Å². The van der Waals surface area contributed by atoms with Crippen molar-refractivity contribution in [3.8, 4) is 0 Å². The van der Waals surface area contributed by atoms with E-state index in [-0.39, 0.29) is 0 Å². The van der Waals surface area contributed by atoms with E-state index in [1.807, 2.05) is 0 Å². The molecule has 0 aromatic carbocycles.